The highest BCUT2D eigenvalue weighted by Crippen LogP contribution is 2.44. The molecule has 3 rings (SSSR count). The summed E-state index contributed by atoms with van der Waals surface area (Å²) in [7, 11) is -3.25. The molecule has 138 valence electrons. The Morgan fingerprint density at radius 2 is 2.20 bits per heavy atom. The van der Waals surface area contributed by atoms with Crippen LogP contribution >= 0.6 is 0 Å². The minimum atomic E-state index is -3.25. The molecule has 0 aromatic carbocycles. The number of carbonyl (C=O) groups is 1. The van der Waals surface area contributed by atoms with E-state index in [-0.39, 0.29) is 49.9 Å². The monoisotopic (exact) mass is 369 g/mol. The van der Waals surface area contributed by atoms with Crippen LogP contribution in [-0.4, -0.2) is 72.6 Å². The summed E-state index contributed by atoms with van der Waals surface area (Å²) in [5, 5.41) is 0. The van der Waals surface area contributed by atoms with Gasteiger partial charge in [-0.25, -0.2) is 18.4 Å². The molecule has 0 saturated carbocycles. The minimum Gasteiger partial charge on any atom is -0.463 e. The van der Waals surface area contributed by atoms with Crippen LogP contribution in [0.2, 0.25) is 0 Å². The van der Waals surface area contributed by atoms with E-state index >= 15 is 0 Å². The van der Waals surface area contributed by atoms with Gasteiger partial charge in [-0.05, 0) is 26.3 Å². The Bertz CT molecular complexity index is 746. The molecule has 0 aliphatic carbocycles. The molecule has 1 spiro atoms. The van der Waals surface area contributed by atoms with Crippen molar-refractivity contribution >= 4 is 15.7 Å². The Labute approximate surface area is 147 Å². The van der Waals surface area contributed by atoms with Crippen molar-refractivity contribution < 1.29 is 22.7 Å². The van der Waals surface area contributed by atoms with Gasteiger partial charge < -0.3 is 14.4 Å². The van der Waals surface area contributed by atoms with E-state index in [0.717, 1.165) is 5.69 Å². The molecule has 1 aromatic heterocycles. The lowest BCUT2D eigenvalue weighted by Crippen LogP contribution is -2.69. The average Bonchev–Trinajstić information content (AvgIpc) is 2.80. The third kappa shape index (κ3) is 3.35. The highest BCUT2D eigenvalue weighted by atomic mass is 32.2. The zero-order valence-corrected chi connectivity index (χ0v) is 15.3. The number of hydrogen-bond donors (Lipinski definition) is 0. The number of amides is 1. The summed E-state index contributed by atoms with van der Waals surface area (Å²) in [4.78, 5) is 21.8. The molecule has 0 bridgehead atoms. The van der Waals surface area contributed by atoms with Crippen molar-refractivity contribution in [2.45, 2.75) is 25.0 Å². The Hall–Kier alpha value is -1.74. The van der Waals surface area contributed by atoms with Gasteiger partial charge in [-0.1, -0.05) is 0 Å². The molecule has 2 aliphatic rings. The fourth-order valence-electron chi connectivity index (χ4n) is 3.44. The van der Waals surface area contributed by atoms with Gasteiger partial charge in [0.15, 0.2) is 9.84 Å². The molecule has 1 unspecified atom stereocenters. The summed E-state index contributed by atoms with van der Waals surface area (Å²) in [6, 6.07) is 2.02. The highest BCUT2D eigenvalue weighted by molar-refractivity contribution is 7.93. The molecule has 2 saturated heterocycles. The number of hydrogen-bond acceptors (Lipinski definition) is 7. The summed E-state index contributed by atoms with van der Waals surface area (Å²) < 4.78 is 35.0. The van der Waals surface area contributed by atoms with E-state index in [9.17, 15) is 13.2 Å². The van der Waals surface area contributed by atoms with E-state index < -0.39 is 14.6 Å². The molecular weight excluding hydrogens is 346 g/mol. The van der Waals surface area contributed by atoms with E-state index in [4.69, 9.17) is 9.47 Å². The van der Waals surface area contributed by atoms with Gasteiger partial charge in [-0.2, -0.15) is 0 Å². The Morgan fingerprint density at radius 3 is 2.88 bits per heavy atom. The van der Waals surface area contributed by atoms with E-state index in [2.05, 4.69) is 9.97 Å². The van der Waals surface area contributed by atoms with Gasteiger partial charge in [0, 0.05) is 37.5 Å². The lowest BCUT2D eigenvalue weighted by atomic mass is 9.83. The second kappa shape index (κ2) is 6.87. The maximum atomic E-state index is 12.6. The first-order valence-corrected chi connectivity index (χ1v) is 10.0. The fraction of sp³-hybridized carbons (Fsp3) is 0.688. The molecule has 0 radical (unpaired) electrons. The lowest BCUT2D eigenvalue weighted by Gasteiger charge is -2.49. The minimum absolute atomic E-state index is 0.00900. The maximum Gasteiger partial charge on any atom is 0.316 e. The molecule has 8 nitrogen and oxygen atoms in total. The average molecular weight is 369 g/mol. The third-order valence-corrected chi connectivity index (χ3v) is 7.59. The Balaban J connectivity index is 1.65. The Morgan fingerprint density at radius 1 is 1.44 bits per heavy atom. The third-order valence-electron chi connectivity index (χ3n) is 4.98. The van der Waals surface area contributed by atoms with E-state index in [1.807, 2.05) is 13.8 Å². The van der Waals surface area contributed by atoms with E-state index in [1.54, 1.807) is 17.2 Å². The predicted octanol–water partition coefficient (Wildman–Crippen LogP) is 0.216. The molecule has 25 heavy (non-hydrogen) atoms. The SMILES string of the molecule is CCOCC(=O)N1CC2(C1)C(COc1nccc(C)n1)CCS2(=O)=O. The normalized spacial score (nSPS) is 23.4. The van der Waals surface area contributed by atoms with Crippen molar-refractivity contribution in [2.75, 3.05) is 38.7 Å². The predicted molar refractivity (Wildman–Crippen MR) is 90.0 cm³/mol. The summed E-state index contributed by atoms with van der Waals surface area (Å²) in [6.07, 6.45) is 2.14. The molecule has 1 atom stereocenters. The van der Waals surface area contributed by atoms with Crippen LogP contribution < -0.4 is 4.74 Å². The van der Waals surface area contributed by atoms with Crippen molar-refractivity contribution in [3.63, 3.8) is 0 Å². The van der Waals surface area contributed by atoms with Crippen LogP contribution in [-0.2, 0) is 19.4 Å². The molecule has 2 aliphatic heterocycles. The van der Waals surface area contributed by atoms with Gasteiger partial charge >= 0.3 is 6.01 Å². The van der Waals surface area contributed by atoms with Crippen LogP contribution in [0.3, 0.4) is 0 Å². The molecular formula is C16H23N3O5S. The molecule has 1 amide bonds. The molecule has 9 heteroatoms. The van der Waals surface area contributed by atoms with Crippen LogP contribution in [0.5, 0.6) is 6.01 Å². The van der Waals surface area contributed by atoms with Crippen molar-refractivity contribution in [1.29, 1.82) is 0 Å². The van der Waals surface area contributed by atoms with Crippen molar-refractivity contribution in [3.05, 3.63) is 18.0 Å². The smallest absolute Gasteiger partial charge is 0.316 e. The standard InChI is InChI=1S/C16H23N3O5S/c1-3-23-9-14(20)19-10-16(11-19)13(5-7-25(16,21)22)8-24-15-17-6-4-12(2)18-15/h4,6,13H,3,5,7-11H2,1-2H3. The summed E-state index contributed by atoms with van der Waals surface area (Å²) in [6.45, 7) is 4.75. The number of aromatic nitrogens is 2. The van der Waals surface area contributed by atoms with Crippen LogP contribution in [0, 0.1) is 12.8 Å². The molecule has 0 N–H and O–H groups in total. The van der Waals surface area contributed by atoms with Gasteiger partial charge in [0.2, 0.25) is 5.91 Å². The molecule has 1 aromatic rings. The summed E-state index contributed by atoms with van der Waals surface area (Å²) >= 11 is 0. The van der Waals surface area contributed by atoms with Crippen molar-refractivity contribution in [2.24, 2.45) is 5.92 Å². The van der Waals surface area contributed by atoms with Crippen molar-refractivity contribution in [3.8, 4) is 6.01 Å². The zero-order valence-electron chi connectivity index (χ0n) is 14.5. The first-order valence-electron chi connectivity index (χ1n) is 8.38. The van der Waals surface area contributed by atoms with Gasteiger partial charge in [0.1, 0.15) is 11.4 Å². The number of ether oxygens (including phenoxy) is 2. The van der Waals surface area contributed by atoms with Crippen LogP contribution in [0.15, 0.2) is 12.3 Å². The topological polar surface area (TPSA) is 98.7 Å². The van der Waals surface area contributed by atoms with Crippen LogP contribution in [0.1, 0.15) is 19.0 Å². The molecule has 2 fully saturated rings. The largest absolute Gasteiger partial charge is 0.463 e. The fourth-order valence-corrected chi connectivity index (χ4v) is 5.84. The summed E-state index contributed by atoms with van der Waals surface area (Å²) in [5.41, 5.74) is 0.787. The zero-order chi connectivity index (χ0) is 18.1. The van der Waals surface area contributed by atoms with Gasteiger partial charge in [-0.3, -0.25) is 4.79 Å². The van der Waals surface area contributed by atoms with E-state index in [0.29, 0.717) is 13.0 Å². The second-order valence-electron chi connectivity index (χ2n) is 6.55. The quantitative estimate of drug-likeness (QED) is 0.707. The van der Waals surface area contributed by atoms with Gasteiger partial charge in [-0.15, -0.1) is 0 Å². The first kappa shape index (κ1) is 18.1. The number of rotatable bonds is 6. The van der Waals surface area contributed by atoms with Gasteiger partial charge in [0.25, 0.3) is 0 Å². The van der Waals surface area contributed by atoms with E-state index in [1.165, 1.54) is 0 Å². The number of nitrogens with zero attached hydrogens (tertiary/aromatic N) is 3. The molecule has 3 heterocycles. The Kier molecular flexibility index (Phi) is 4.97. The van der Waals surface area contributed by atoms with Crippen molar-refractivity contribution in [1.82, 2.24) is 14.9 Å². The first-order chi connectivity index (χ1) is 11.9. The van der Waals surface area contributed by atoms with Crippen LogP contribution in [0.25, 0.3) is 0 Å². The number of aryl methyl sites for hydroxylation is 1. The number of sulfone groups is 1. The second-order valence-corrected chi connectivity index (χ2v) is 9.00. The lowest BCUT2D eigenvalue weighted by molar-refractivity contribution is -0.142. The maximum absolute atomic E-state index is 12.6. The van der Waals surface area contributed by atoms with Crippen LogP contribution in [0.4, 0.5) is 0 Å². The number of carbonyl (C=O) groups excluding carboxylic acids is 1. The number of likely N-dealkylation sites (tertiary alicyclic amines) is 1. The van der Waals surface area contributed by atoms with Gasteiger partial charge in [0.05, 0.1) is 12.4 Å². The highest BCUT2D eigenvalue weighted by Gasteiger charge is 2.62. The summed E-state index contributed by atoms with van der Waals surface area (Å²) in [5.74, 6) is -0.211.